The lowest BCUT2D eigenvalue weighted by Gasteiger charge is -2.18. The number of rotatable bonds is 5. The summed E-state index contributed by atoms with van der Waals surface area (Å²) in [5.74, 6) is -0.774. The van der Waals surface area contributed by atoms with Crippen molar-refractivity contribution in [1.82, 2.24) is 15.3 Å². The summed E-state index contributed by atoms with van der Waals surface area (Å²) in [6, 6.07) is 4.18. The Kier molecular flexibility index (Phi) is 5.98. The molecular weight excluding hydrogens is 439 g/mol. The second-order valence-electron chi connectivity index (χ2n) is 5.54. The first-order chi connectivity index (χ1) is 13.0. The van der Waals surface area contributed by atoms with E-state index in [4.69, 9.17) is 11.6 Å². The van der Waals surface area contributed by atoms with E-state index in [-0.39, 0.29) is 22.9 Å². The Morgan fingerprint density at radius 1 is 1.37 bits per heavy atom. The molecule has 2 aromatic rings. The minimum atomic E-state index is -0.529. The molecule has 6 nitrogen and oxygen atoms in total. The van der Waals surface area contributed by atoms with Crippen molar-refractivity contribution in [3.8, 4) is 0 Å². The van der Waals surface area contributed by atoms with Crippen LogP contribution in [0.4, 0.5) is 15.9 Å². The molecule has 0 radical (unpaired) electrons. The van der Waals surface area contributed by atoms with Crippen molar-refractivity contribution in [3.63, 3.8) is 0 Å². The number of hydrogen-bond donors (Lipinski definition) is 2. The molecule has 0 spiro atoms. The van der Waals surface area contributed by atoms with Crippen molar-refractivity contribution in [2.45, 2.75) is 6.42 Å². The van der Waals surface area contributed by atoms with Gasteiger partial charge in [0, 0.05) is 22.7 Å². The number of nitrogens with zero attached hydrogens (tertiary/aromatic N) is 2. The molecule has 0 aliphatic heterocycles. The Morgan fingerprint density at radius 2 is 2.19 bits per heavy atom. The van der Waals surface area contributed by atoms with Crippen LogP contribution < -0.4 is 10.6 Å². The summed E-state index contributed by atoms with van der Waals surface area (Å²) < 4.78 is 13.3. The molecule has 3 rings (SSSR count). The summed E-state index contributed by atoms with van der Waals surface area (Å²) in [4.78, 5) is 32.4. The number of nitrogens with one attached hydrogen (secondary N) is 2. The van der Waals surface area contributed by atoms with Gasteiger partial charge in [0.15, 0.2) is 5.78 Å². The number of Topliss-reactive ketones (excluding diaryl/α,β-unsaturated/α-hetero) is 1. The van der Waals surface area contributed by atoms with Crippen molar-refractivity contribution >= 4 is 56.8 Å². The third kappa shape index (κ3) is 4.58. The smallest absolute Gasteiger partial charge is 0.248 e. The van der Waals surface area contributed by atoms with Gasteiger partial charge >= 0.3 is 0 Å². The quantitative estimate of drug-likeness (QED) is 0.536. The van der Waals surface area contributed by atoms with Crippen LogP contribution >= 0.6 is 27.5 Å². The van der Waals surface area contributed by atoms with Crippen LogP contribution in [0.5, 0.6) is 0 Å². The highest BCUT2D eigenvalue weighted by Gasteiger charge is 2.23. The fraction of sp³-hybridized carbons (Fsp3) is 0.111. The number of alkyl halides is 1. The fourth-order valence-corrected chi connectivity index (χ4v) is 2.81. The number of fused-ring (bicyclic) bond motifs is 1. The van der Waals surface area contributed by atoms with Gasteiger partial charge in [-0.2, -0.15) is 0 Å². The van der Waals surface area contributed by atoms with Gasteiger partial charge < -0.3 is 10.6 Å². The highest BCUT2D eigenvalue weighted by atomic mass is 79.9. The molecule has 0 saturated heterocycles. The Bertz CT molecular complexity index is 978. The maximum atomic E-state index is 13.3. The Morgan fingerprint density at radius 3 is 2.93 bits per heavy atom. The van der Waals surface area contributed by atoms with Gasteiger partial charge in [-0.05, 0) is 24.3 Å². The molecule has 1 aliphatic rings. The monoisotopic (exact) mass is 450 g/mol. The number of amides is 1. The molecule has 0 unspecified atom stereocenters. The van der Waals surface area contributed by atoms with E-state index >= 15 is 0 Å². The van der Waals surface area contributed by atoms with Crippen LogP contribution in [0.15, 0.2) is 42.4 Å². The summed E-state index contributed by atoms with van der Waals surface area (Å²) in [6.07, 6.45) is 5.83. The highest BCUT2D eigenvalue weighted by molar-refractivity contribution is 9.09. The average molecular weight is 452 g/mol. The number of anilines is 2. The first-order valence-corrected chi connectivity index (χ1v) is 9.32. The number of aromatic nitrogens is 2. The number of carbonyl (C=O) groups is 2. The van der Waals surface area contributed by atoms with Crippen LogP contribution in [-0.2, 0) is 16.0 Å². The van der Waals surface area contributed by atoms with Crippen LogP contribution in [0.2, 0.25) is 5.02 Å². The summed E-state index contributed by atoms with van der Waals surface area (Å²) in [5, 5.41) is 6.09. The molecule has 27 heavy (non-hydrogen) atoms. The van der Waals surface area contributed by atoms with Gasteiger partial charge in [0.25, 0.3) is 0 Å². The Balaban J connectivity index is 1.91. The molecule has 1 aliphatic carbocycles. The van der Waals surface area contributed by atoms with Crippen LogP contribution in [0.3, 0.4) is 0 Å². The van der Waals surface area contributed by atoms with Crippen molar-refractivity contribution in [3.05, 3.63) is 64.5 Å². The number of hydrogen-bond acceptors (Lipinski definition) is 5. The summed E-state index contributed by atoms with van der Waals surface area (Å²) >= 11 is 8.98. The Labute approximate surface area is 167 Å². The summed E-state index contributed by atoms with van der Waals surface area (Å²) in [5.41, 5.74) is 1.78. The van der Waals surface area contributed by atoms with Crippen molar-refractivity contribution in [2.75, 3.05) is 10.6 Å². The third-order valence-electron chi connectivity index (χ3n) is 3.68. The summed E-state index contributed by atoms with van der Waals surface area (Å²) in [6.45, 7) is 0. The molecule has 0 fully saturated rings. The predicted octanol–water partition coefficient (Wildman–Crippen LogP) is 3.55. The lowest BCUT2D eigenvalue weighted by Crippen LogP contribution is -2.29. The van der Waals surface area contributed by atoms with Gasteiger partial charge in [-0.25, -0.2) is 14.4 Å². The predicted molar refractivity (Wildman–Crippen MR) is 104 cm³/mol. The van der Waals surface area contributed by atoms with Crippen molar-refractivity contribution in [1.29, 1.82) is 0 Å². The maximum absolute atomic E-state index is 13.3. The topological polar surface area (TPSA) is 84.0 Å². The standard InChI is InChI=1S/C18H13BrClFN4O2/c19-5-1-2-17(27)25-15-7-11-14(8-16(15)26)22-9-23-18(11)24-10-3-4-13(21)12(20)6-10/h1-4,6-7,9H,5,8H2,(H,25,27)(H,22,23,24). The average Bonchev–Trinajstić information content (AvgIpc) is 2.64. The lowest BCUT2D eigenvalue weighted by molar-refractivity contribution is -0.119. The fourth-order valence-electron chi connectivity index (χ4n) is 2.44. The van der Waals surface area contributed by atoms with E-state index in [1.807, 2.05) is 0 Å². The van der Waals surface area contributed by atoms with E-state index in [0.717, 1.165) is 0 Å². The van der Waals surface area contributed by atoms with Gasteiger partial charge in [-0.3, -0.25) is 9.59 Å². The van der Waals surface area contributed by atoms with Gasteiger partial charge in [0.05, 0.1) is 22.8 Å². The van der Waals surface area contributed by atoms with Crippen LogP contribution in [0, 0.1) is 5.82 Å². The molecule has 0 saturated carbocycles. The molecule has 1 amide bonds. The molecule has 1 aromatic carbocycles. The third-order valence-corrected chi connectivity index (χ3v) is 4.35. The van der Waals surface area contributed by atoms with Crippen LogP contribution in [0.1, 0.15) is 11.3 Å². The largest absolute Gasteiger partial charge is 0.340 e. The van der Waals surface area contributed by atoms with Gasteiger partial charge in [0.1, 0.15) is 18.0 Å². The zero-order chi connectivity index (χ0) is 19.4. The minimum absolute atomic E-state index is 0.0276. The molecule has 0 bridgehead atoms. The van der Waals surface area contributed by atoms with Crippen molar-refractivity contribution in [2.24, 2.45) is 0 Å². The van der Waals surface area contributed by atoms with E-state index in [1.54, 1.807) is 6.08 Å². The summed E-state index contributed by atoms with van der Waals surface area (Å²) in [7, 11) is 0. The molecule has 1 heterocycles. The molecule has 9 heteroatoms. The number of benzene rings is 1. The SMILES string of the molecule is O=C(C=CCBr)NC1=Cc2c(ncnc2Nc2ccc(F)c(Cl)c2)CC1=O. The van der Waals surface area contributed by atoms with E-state index in [2.05, 4.69) is 36.5 Å². The number of halogens is 3. The van der Waals surface area contributed by atoms with E-state index < -0.39 is 11.7 Å². The zero-order valence-electron chi connectivity index (χ0n) is 13.8. The number of allylic oxidation sites excluding steroid dienone is 2. The second-order valence-corrected chi connectivity index (χ2v) is 6.60. The maximum Gasteiger partial charge on any atom is 0.248 e. The molecule has 1 aromatic heterocycles. The highest BCUT2D eigenvalue weighted by Crippen LogP contribution is 2.28. The second kappa shape index (κ2) is 8.41. The van der Waals surface area contributed by atoms with Gasteiger partial charge in [-0.15, -0.1) is 0 Å². The van der Waals surface area contributed by atoms with E-state index in [9.17, 15) is 14.0 Å². The first-order valence-electron chi connectivity index (χ1n) is 7.82. The normalized spacial score (nSPS) is 13.3. The number of ketones is 1. The van der Waals surface area contributed by atoms with Crippen LogP contribution in [0.25, 0.3) is 6.08 Å². The van der Waals surface area contributed by atoms with Crippen LogP contribution in [-0.4, -0.2) is 27.0 Å². The zero-order valence-corrected chi connectivity index (χ0v) is 16.1. The minimum Gasteiger partial charge on any atom is -0.340 e. The molecular formula is C18H13BrClFN4O2. The van der Waals surface area contributed by atoms with Gasteiger partial charge in [0.2, 0.25) is 5.91 Å². The lowest BCUT2D eigenvalue weighted by atomic mass is 9.99. The van der Waals surface area contributed by atoms with Gasteiger partial charge in [-0.1, -0.05) is 33.6 Å². The molecule has 138 valence electrons. The molecule has 2 N–H and O–H groups in total. The van der Waals surface area contributed by atoms with E-state index in [1.165, 1.54) is 36.7 Å². The Hall–Kier alpha value is -2.58. The first kappa shape index (κ1) is 19.2. The van der Waals surface area contributed by atoms with Crippen molar-refractivity contribution < 1.29 is 14.0 Å². The number of carbonyl (C=O) groups excluding carboxylic acids is 2. The molecule has 0 atom stereocenters. The van der Waals surface area contributed by atoms with E-state index in [0.29, 0.717) is 28.1 Å².